The van der Waals surface area contributed by atoms with Gasteiger partial charge in [-0.1, -0.05) is 38.1 Å². The number of pyridine rings is 1. The minimum absolute atomic E-state index is 0.108. The molecule has 0 amide bonds. The third kappa shape index (κ3) is 3.72. The number of nitrogens with one attached hydrogen (secondary N) is 1. The van der Waals surface area contributed by atoms with Gasteiger partial charge in [0.15, 0.2) is 5.82 Å². The maximum absolute atomic E-state index is 12.9. The van der Waals surface area contributed by atoms with Crippen molar-refractivity contribution >= 4 is 20.9 Å². The van der Waals surface area contributed by atoms with Gasteiger partial charge in [-0.05, 0) is 24.5 Å². The number of para-hydroxylation sites is 1. The summed E-state index contributed by atoms with van der Waals surface area (Å²) in [4.78, 5) is 8.94. The molecule has 1 N–H and O–H groups in total. The van der Waals surface area contributed by atoms with Crippen LogP contribution in [0.5, 0.6) is 0 Å². The van der Waals surface area contributed by atoms with E-state index in [0.717, 1.165) is 36.1 Å². The summed E-state index contributed by atoms with van der Waals surface area (Å²) in [6.45, 7) is 4.85. The quantitative estimate of drug-likeness (QED) is 0.729. The van der Waals surface area contributed by atoms with E-state index in [1.165, 1.54) is 0 Å². The molecule has 3 heterocycles. The third-order valence-electron chi connectivity index (χ3n) is 4.79. The van der Waals surface area contributed by atoms with Gasteiger partial charge in [-0.2, -0.15) is 5.10 Å². The Labute approximate surface area is 158 Å². The summed E-state index contributed by atoms with van der Waals surface area (Å²) in [6.07, 6.45) is 3.28. The molecule has 7 nitrogen and oxygen atoms in total. The summed E-state index contributed by atoms with van der Waals surface area (Å²) in [5.74, 6) is 1.57. The van der Waals surface area contributed by atoms with Crippen molar-refractivity contribution in [2.45, 2.75) is 50.9 Å². The van der Waals surface area contributed by atoms with E-state index in [4.69, 9.17) is 0 Å². The van der Waals surface area contributed by atoms with Crippen molar-refractivity contribution in [3.05, 3.63) is 53.7 Å². The number of fused-ring (bicyclic) bond motifs is 2. The maximum Gasteiger partial charge on any atom is 0.216 e. The summed E-state index contributed by atoms with van der Waals surface area (Å²) in [7, 11) is -3.55. The van der Waals surface area contributed by atoms with Gasteiger partial charge >= 0.3 is 0 Å². The molecule has 8 heteroatoms. The standard InChI is InChI=1S/C19H23N5O2S/c1-13(2)18-21-19-16(9-5-11-24(19)22-18)23-27(25,26)12-15-7-3-6-14-8-4-10-20-17(14)15/h3-4,6-8,10,13,16,23H,5,9,11-12H2,1-2H3. The monoisotopic (exact) mass is 385 g/mol. The van der Waals surface area contributed by atoms with Crippen LogP contribution < -0.4 is 4.72 Å². The zero-order chi connectivity index (χ0) is 19.0. The van der Waals surface area contributed by atoms with Crippen molar-refractivity contribution in [1.82, 2.24) is 24.5 Å². The fourth-order valence-corrected chi connectivity index (χ4v) is 4.85. The number of aromatic nitrogens is 4. The SMILES string of the molecule is CC(C)c1nc2n(n1)CCCC2NS(=O)(=O)Cc1cccc2cccnc12. The highest BCUT2D eigenvalue weighted by Gasteiger charge is 2.29. The summed E-state index contributed by atoms with van der Waals surface area (Å²) in [5.41, 5.74) is 1.42. The zero-order valence-electron chi connectivity index (χ0n) is 15.5. The van der Waals surface area contributed by atoms with Gasteiger partial charge < -0.3 is 0 Å². The molecular weight excluding hydrogens is 362 g/mol. The molecule has 0 fully saturated rings. The van der Waals surface area contributed by atoms with Crippen LogP contribution in [0.4, 0.5) is 0 Å². The number of rotatable bonds is 5. The first-order valence-corrected chi connectivity index (χ1v) is 10.9. The molecule has 2 aromatic heterocycles. The molecule has 1 aliphatic heterocycles. The van der Waals surface area contributed by atoms with Gasteiger partial charge in [-0.15, -0.1) is 0 Å². The summed E-state index contributed by atoms with van der Waals surface area (Å²) >= 11 is 0. The van der Waals surface area contributed by atoms with E-state index in [-0.39, 0.29) is 17.7 Å². The molecule has 0 radical (unpaired) electrons. The highest BCUT2D eigenvalue weighted by atomic mass is 32.2. The van der Waals surface area contributed by atoms with Crippen LogP contribution in [0.2, 0.25) is 0 Å². The minimum atomic E-state index is -3.55. The molecule has 0 bridgehead atoms. The Balaban J connectivity index is 1.59. The minimum Gasteiger partial charge on any atom is -0.256 e. The Bertz CT molecular complexity index is 1070. The molecule has 142 valence electrons. The van der Waals surface area contributed by atoms with Gasteiger partial charge in [-0.25, -0.2) is 22.8 Å². The lowest BCUT2D eigenvalue weighted by Crippen LogP contribution is -2.34. The van der Waals surface area contributed by atoms with Crippen molar-refractivity contribution < 1.29 is 8.42 Å². The fourth-order valence-electron chi connectivity index (χ4n) is 3.47. The topological polar surface area (TPSA) is 89.8 Å². The molecule has 27 heavy (non-hydrogen) atoms. The molecule has 4 rings (SSSR count). The Kier molecular flexibility index (Phi) is 4.69. The first-order valence-electron chi connectivity index (χ1n) is 9.20. The van der Waals surface area contributed by atoms with Crippen molar-refractivity contribution in [3.63, 3.8) is 0 Å². The van der Waals surface area contributed by atoms with E-state index in [2.05, 4.69) is 19.8 Å². The predicted molar refractivity (Wildman–Crippen MR) is 104 cm³/mol. The van der Waals surface area contributed by atoms with Crippen LogP contribution in [-0.2, 0) is 22.3 Å². The Morgan fingerprint density at radius 1 is 1.26 bits per heavy atom. The molecular formula is C19H23N5O2S. The fraction of sp³-hybridized carbons (Fsp3) is 0.421. The highest BCUT2D eigenvalue weighted by molar-refractivity contribution is 7.88. The first-order chi connectivity index (χ1) is 12.9. The van der Waals surface area contributed by atoms with Crippen LogP contribution in [0.3, 0.4) is 0 Å². The van der Waals surface area contributed by atoms with E-state index in [1.807, 2.05) is 48.9 Å². The van der Waals surface area contributed by atoms with Gasteiger partial charge in [0.25, 0.3) is 0 Å². The third-order valence-corrected chi connectivity index (χ3v) is 6.13. The average Bonchev–Trinajstić information content (AvgIpc) is 3.07. The molecule has 0 saturated carbocycles. The molecule has 3 aromatic rings. The van der Waals surface area contributed by atoms with Crippen LogP contribution in [-0.4, -0.2) is 28.2 Å². The molecule has 1 atom stereocenters. The van der Waals surface area contributed by atoms with Gasteiger partial charge in [0.2, 0.25) is 10.0 Å². The van der Waals surface area contributed by atoms with Crippen LogP contribution >= 0.6 is 0 Å². The second-order valence-electron chi connectivity index (χ2n) is 7.27. The van der Waals surface area contributed by atoms with Crippen LogP contribution in [0.15, 0.2) is 36.5 Å². The molecule has 1 aliphatic rings. The van der Waals surface area contributed by atoms with E-state index in [0.29, 0.717) is 11.4 Å². The molecule has 1 aromatic carbocycles. The average molecular weight is 385 g/mol. The van der Waals surface area contributed by atoms with Gasteiger partial charge in [0, 0.05) is 24.0 Å². The Morgan fingerprint density at radius 2 is 2.07 bits per heavy atom. The van der Waals surface area contributed by atoms with E-state index in [9.17, 15) is 8.42 Å². The highest BCUT2D eigenvalue weighted by Crippen LogP contribution is 2.26. The number of benzene rings is 1. The van der Waals surface area contributed by atoms with E-state index in [1.54, 1.807) is 6.20 Å². The normalized spacial score (nSPS) is 17.4. The van der Waals surface area contributed by atoms with Gasteiger partial charge in [0.05, 0.1) is 17.3 Å². The van der Waals surface area contributed by atoms with Crippen molar-refractivity contribution in [1.29, 1.82) is 0 Å². The number of sulfonamides is 1. The Morgan fingerprint density at radius 3 is 2.89 bits per heavy atom. The summed E-state index contributed by atoms with van der Waals surface area (Å²) < 4.78 is 30.4. The summed E-state index contributed by atoms with van der Waals surface area (Å²) in [6, 6.07) is 9.05. The number of aryl methyl sites for hydroxylation is 1. The molecule has 0 aliphatic carbocycles. The van der Waals surface area contributed by atoms with Gasteiger partial charge in [-0.3, -0.25) is 4.98 Å². The number of nitrogens with zero attached hydrogens (tertiary/aromatic N) is 4. The number of hydrogen-bond acceptors (Lipinski definition) is 5. The van der Waals surface area contributed by atoms with E-state index < -0.39 is 10.0 Å². The lowest BCUT2D eigenvalue weighted by Gasteiger charge is -2.23. The van der Waals surface area contributed by atoms with Crippen LogP contribution in [0.25, 0.3) is 10.9 Å². The first kappa shape index (κ1) is 18.1. The van der Waals surface area contributed by atoms with Crippen molar-refractivity contribution in [3.8, 4) is 0 Å². The van der Waals surface area contributed by atoms with Gasteiger partial charge in [0.1, 0.15) is 5.82 Å². The zero-order valence-corrected chi connectivity index (χ0v) is 16.3. The molecule has 0 saturated heterocycles. The maximum atomic E-state index is 12.9. The smallest absolute Gasteiger partial charge is 0.216 e. The van der Waals surface area contributed by atoms with Crippen LogP contribution in [0.1, 0.15) is 55.9 Å². The second-order valence-corrected chi connectivity index (χ2v) is 9.02. The lowest BCUT2D eigenvalue weighted by molar-refractivity contribution is 0.399. The van der Waals surface area contributed by atoms with E-state index >= 15 is 0 Å². The van der Waals surface area contributed by atoms with Crippen molar-refractivity contribution in [2.24, 2.45) is 0 Å². The lowest BCUT2D eigenvalue weighted by atomic mass is 10.1. The largest absolute Gasteiger partial charge is 0.256 e. The summed E-state index contributed by atoms with van der Waals surface area (Å²) in [5, 5.41) is 5.45. The Hall–Kier alpha value is -2.32. The second kappa shape index (κ2) is 7.01. The number of hydrogen-bond donors (Lipinski definition) is 1. The van der Waals surface area contributed by atoms with Crippen molar-refractivity contribution in [2.75, 3.05) is 0 Å². The molecule has 1 unspecified atom stereocenters. The van der Waals surface area contributed by atoms with Crippen LogP contribution in [0, 0.1) is 0 Å². The molecule has 0 spiro atoms. The predicted octanol–water partition coefficient (Wildman–Crippen LogP) is 2.90.